The Balaban J connectivity index is 2.19. The molecule has 1 aliphatic rings. The number of benzene rings is 1. The second-order valence-corrected chi connectivity index (χ2v) is 5.25. The molecule has 1 aromatic carbocycles. The molecule has 88 valence electrons. The molecule has 0 spiro atoms. The van der Waals surface area contributed by atoms with Crippen LogP contribution in [0.2, 0.25) is 0 Å². The molecular formula is C14H20ClN. The third-order valence-corrected chi connectivity index (χ3v) is 3.77. The van der Waals surface area contributed by atoms with Crippen molar-refractivity contribution in [3.05, 3.63) is 29.3 Å². The molecule has 1 unspecified atom stereocenters. The van der Waals surface area contributed by atoms with Crippen molar-refractivity contribution in [2.24, 2.45) is 5.92 Å². The molecular weight excluding hydrogens is 218 g/mol. The molecule has 0 saturated heterocycles. The van der Waals surface area contributed by atoms with Gasteiger partial charge in [0.15, 0.2) is 0 Å². The van der Waals surface area contributed by atoms with Gasteiger partial charge >= 0.3 is 0 Å². The predicted octanol–water partition coefficient (Wildman–Crippen LogP) is 3.62. The maximum absolute atomic E-state index is 5.90. The normalized spacial score (nSPS) is 17.1. The highest BCUT2D eigenvalue weighted by Gasteiger charge is 2.18. The average Bonchev–Trinajstić information content (AvgIpc) is 2.28. The van der Waals surface area contributed by atoms with Crippen LogP contribution < -0.4 is 4.90 Å². The van der Waals surface area contributed by atoms with Crippen LogP contribution in [-0.2, 0) is 6.42 Å². The maximum Gasteiger partial charge on any atom is 0.0399 e. The van der Waals surface area contributed by atoms with E-state index in [1.54, 1.807) is 0 Å². The lowest BCUT2D eigenvalue weighted by molar-refractivity contribution is 0.589. The Morgan fingerprint density at radius 2 is 2.25 bits per heavy atom. The number of hydrogen-bond acceptors (Lipinski definition) is 1. The van der Waals surface area contributed by atoms with Gasteiger partial charge in [-0.25, -0.2) is 0 Å². The summed E-state index contributed by atoms with van der Waals surface area (Å²) in [5, 5.41) is 0. The van der Waals surface area contributed by atoms with Gasteiger partial charge in [0.25, 0.3) is 0 Å². The topological polar surface area (TPSA) is 3.24 Å². The van der Waals surface area contributed by atoms with Crippen LogP contribution in [0.5, 0.6) is 0 Å². The summed E-state index contributed by atoms with van der Waals surface area (Å²) in [6.45, 7) is 6.65. The predicted molar refractivity (Wildman–Crippen MR) is 71.6 cm³/mol. The fourth-order valence-corrected chi connectivity index (χ4v) is 2.52. The number of anilines is 1. The Hall–Kier alpha value is -0.690. The molecule has 1 nitrogen and oxygen atoms in total. The van der Waals surface area contributed by atoms with Crippen molar-refractivity contribution in [2.45, 2.75) is 26.7 Å². The molecule has 0 aromatic heterocycles. The Morgan fingerprint density at radius 3 is 3.00 bits per heavy atom. The number of hydrogen-bond donors (Lipinski definition) is 0. The zero-order chi connectivity index (χ0) is 11.5. The summed E-state index contributed by atoms with van der Waals surface area (Å²) < 4.78 is 0. The van der Waals surface area contributed by atoms with Gasteiger partial charge in [-0.05, 0) is 37.3 Å². The van der Waals surface area contributed by atoms with Crippen LogP contribution in [0.3, 0.4) is 0 Å². The van der Waals surface area contributed by atoms with E-state index in [4.69, 9.17) is 11.6 Å². The van der Waals surface area contributed by atoms with Crippen molar-refractivity contribution in [3.8, 4) is 0 Å². The number of halogens is 1. The summed E-state index contributed by atoms with van der Waals surface area (Å²) in [4.78, 5) is 2.49. The van der Waals surface area contributed by atoms with E-state index in [0.29, 0.717) is 5.92 Å². The average molecular weight is 238 g/mol. The zero-order valence-corrected chi connectivity index (χ0v) is 10.9. The number of fused-ring (bicyclic) bond motifs is 1. The van der Waals surface area contributed by atoms with Crippen LogP contribution in [0, 0.1) is 12.8 Å². The summed E-state index contributed by atoms with van der Waals surface area (Å²) in [5.74, 6) is 1.31. The summed E-state index contributed by atoms with van der Waals surface area (Å²) in [7, 11) is 0. The van der Waals surface area contributed by atoms with Gasteiger partial charge < -0.3 is 4.90 Å². The number of rotatable bonds is 3. The SMILES string of the molecule is Cc1ccc2c(c1)CCCN2CC(C)CCl. The molecule has 1 aromatic rings. The Kier molecular flexibility index (Phi) is 3.75. The van der Waals surface area contributed by atoms with E-state index in [2.05, 4.69) is 36.9 Å². The molecule has 0 saturated carbocycles. The van der Waals surface area contributed by atoms with E-state index in [0.717, 1.165) is 12.4 Å². The molecule has 0 N–H and O–H groups in total. The highest BCUT2D eigenvalue weighted by Crippen LogP contribution is 2.28. The van der Waals surface area contributed by atoms with Crippen molar-refractivity contribution in [3.63, 3.8) is 0 Å². The van der Waals surface area contributed by atoms with Gasteiger partial charge in [0, 0.05) is 24.7 Å². The van der Waals surface area contributed by atoms with E-state index in [9.17, 15) is 0 Å². The second-order valence-electron chi connectivity index (χ2n) is 4.94. The molecule has 0 fully saturated rings. The summed E-state index contributed by atoms with van der Waals surface area (Å²) >= 11 is 5.90. The van der Waals surface area contributed by atoms with Crippen LogP contribution in [0.25, 0.3) is 0 Å². The second kappa shape index (κ2) is 5.09. The molecule has 0 bridgehead atoms. The summed E-state index contributed by atoms with van der Waals surface area (Å²) in [6, 6.07) is 6.81. The molecule has 2 heteroatoms. The fourth-order valence-electron chi connectivity index (χ4n) is 2.42. The first-order valence-electron chi connectivity index (χ1n) is 6.11. The standard InChI is InChI=1S/C14H20ClN/c1-11-5-6-14-13(8-11)4-3-7-16(14)10-12(2)9-15/h5-6,8,12H,3-4,7,9-10H2,1-2H3. The van der Waals surface area contributed by atoms with Gasteiger partial charge in [-0.15, -0.1) is 11.6 Å². The van der Waals surface area contributed by atoms with Gasteiger partial charge in [-0.3, -0.25) is 0 Å². The van der Waals surface area contributed by atoms with Gasteiger partial charge in [-0.2, -0.15) is 0 Å². The highest BCUT2D eigenvalue weighted by molar-refractivity contribution is 6.18. The lowest BCUT2D eigenvalue weighted by Gasteiger charge is -2.33. The largest absolute Gasteiger partial charge is 0.371 e. The highest BCUT2D eigenvalue weighted by atomic mass is 35.5. The minimum atomic E-state index is 0.564. The Bertz CT molecular complexity index is 362. The van der Waals surface area contributed by atoms with E-state index < -0.39 is 0 Å². The molecule has 0 amide bonds. The molecule has 16 heavy (non-hydrogen) atoms. The fraction of sp³-hybridized carbons (Fsp3) is 0.571. The first kappa shape index (κ1) is 11.8. The first-order chi connectivity index (χ1) is 7.70. The molecule has 1 atom stereocenters. The van der Waals surface area contributed by atoms with Gasteiger partial charge in [0.05, 0.1) is 0 Å². The minimum Gasteiger partial charge on any atom is -0.371 e. The van der Waals surface area contributed by atoms with Gasteiger partial charge in [-0.1, -0.05) is 24.6 Å². The monoisotopic (exact) mass is 237 g/mol. The van der Waals surface area contributed by atoms with E-state index in [1.165, 1.54) is 36.2 Å². The lowest BCUT2D eigenvalue weighted by atomic mass is 9.99. The zero-order valence-electron chi connectivity index (χ0n) is 10.2. The van der Waals surface area contributed by atoms with Crippen molar-refractivity contribution < 1.29 is 0 Å². The third kappa shape index (κ3) is 2.52. The number of aryl methyl sites for hydroxylation is 2. The van der Waals surface area contributed by atoms with Crippen LogP contribution in [0.1, 0.15) is 24.5 Å². The smallest absolute Gasteiger partial charge is 0.0399 e. The maximum atomic E-state index is 5.90. The summed E-state index contributed by atoms with van der Waals surface area (Å²) in [5.41, 5.74) is 4.30. The Labute approximate surface area is 103 Å². The molecule has 1 heterocycles. The van der Waals surface area contributed by atoms with Crippen LogP contribution in [0.15, 0.2) is 18.2 Å². The number of nitrogens with zero attached hydrogens (tertiary/aromatic N) is 1. The molecule has 2 rings (SSSR count). The Morgan fingerprint density at radius 1 is 1.44 bits per heavy atom. The summed E-state index contributed by atoms with van der Waals surface area (Å²) in [6.07, 6.45) is 2.49. The third-order valence-electron chi connectivity index (χ3n) is 3.25. The van der Waals surface area contributed by atoms with Crippen molar-refractivity contribution in [1.29, 1.82) is 0 Å². The van der Waals surface area contributed by atoms with Gasteiger partial charge in [0.2, 0.25) is 0 Å². The van der Waals surface area contributed by atoms with Crippen molar-refractivity contribution in [2.75, 3.05) is 23.9 Å². The van der Waals surface area contributed by atoms with Crippen LogP contribution >= 0.6 is 11.6 Å². The van der Waals surface area contributed by atoms with Crippen LogP contribution in [0.4, 0.5) is 5.69 Å². The van der Waals surface area contributed by atoms with E-state index in [-0.39, 0.29) is 0 Å². The van der Waals surface area contributed by atoms with Crippen molar-refractivity contribution in [1.82, 2.24) is 0 Å². The lowest BCUT2D eigenvalue weighted by Crippen LogP contribution is -2.33. The molecule has 0 aliphatic carbocycles. The van der Waals surface area contributed by atoms with E-state index >= 15 is 0 Å². The molecule has 0 radical (unpaired) electrons. The van der Waals surface area contributed by atoms with Crippen LogP contribution in [-0.4, -0.2) is 19.0 Å². The van der Waals surface area contributed by atoms with Gasteiger partial charge in [0.1, 0.15) is 0 Å². The number of alkyl halides is 1. The minimum absolute atomic E-state index is 0.564. The quantitative estimate of drug-likeness (QED) is 0.726. The first-order valence-corrected chi connectivity index (χ1v) is 6.64. The van der Waals surface area contributed by atoms with E-state index in [1.807, 2.05) is 0 Å². The molecule has 1 aliphatic heterocycles. The van der Waals surface area contributed by atoms with Crippen molar-refractivity contribution >= 4 is 17.3 Å².